The summed E-state index contributed by atoms with van der Waals surface area (Å²) >= 11 is 0. The van der Waals surface area contributed by atoms with Crippen molar-refractivity contribution in [1.29, 1.82) is 0 Å². The highest BCUT2D eigenvalue weighted by atomic mass is 14.0. The molecule has 0 unspecified atom stereocenters. The Bertz CT molecular complexity index is 487. The van der Waals surface area contributed by atoms with Gasteiger partial charge in [-0.1, -0.05) is 73.2 Å². The van der Waals surface area contributed by atoms with Crippen molar-refractivity contribution in [2.24, 2.45) is 0 Å². The number of benzene rings is 2. The topological polar surface area (TPSA) is 0 Å². The van der Waals surface area contributed by atoms with Crippen molar-refractivity contribution >= 4 is 12.2 Å². The van der Waals surface area contributed by atoms with Gasteiger partial charge in [-0.05, 0) is 30.0 Å². The van der Waals surface area contributed by atoms with Crippen LogP contribution in [-0.2, 0) is 6.42 Å². The van der Waals surface area contributed by atoms with Gasteiger partial charge in [0.15, 0.2) is 0 Å². The maximum absolute atomic E-state index is 2.19. The summed E-state index contributed by atoms with van der Waals surface area (Å²) in [5.41, 5.74) is 5.19. The molecule has 0 atom stereocenters. The van der Waals surface area contributed by atoms with Crippen LogP contribution >= 0.6 is 0 Å². The van der Waals surface area contributed by atoms with Gasteiger partial charge >= 0.3 is 0 Å². The number of hydrogen-bond acceptors (Lipinski definition) is 0. The van der Waals surface area contributed by atoms with E-state index in [0.717, 1.165) is 6.42 Å². The highest BCUT2D eigenvalue weighted by Crippen LogP contribution is 2.10. The Morgan fingerprint density at radius 2 is 1.24 bits per heavy atom. The molecular formula is C17H18. The van der Waals surface area contributed by atoms with Crippen LogP contribution in [-0.4, -0.2) is 0 Å². The zero-order valence-electron chi connectivity index (χ0n) is 10.5. The molecule has 2 aromatic carbocycles. The van der Waals surface area contributed by atoms with Crippen molar-refractivity contribution in [3.8, 4) is 0 Å². The van der Waals surface area contributed by atoms with E-state index in [1.54, 1.807) is 0 Å². The van der Waals surface area contributed by atoms with Gasteiger partial charge in [0.25, 0.3) is 0 Å². The zero-order valence-corrected chi connectivity index (χ0v) is 10.5. The quantitative estimate of drug-likeness (QED) is 0.659. The summed E-state index contributed by atoms with van der Waals surface area (Å²) in [4.78, 5) is 0. The second kappa shape index (κ2) is 5.49. The first-order valence-electron chi connectivity index (χ1n) is 6.11. The van der Waals surface area contributed by atoms with Gasteiger partial charge in [0.05, 0.1) is 0 Å². The van der Waals surface area contributed by atoms with E-state index in [0.29, 0.717) is 0 Å². The first-order valence-corrected chi connectivity index (χ1v) is 6.11. The summed E-state index contributed by atoms with van der Waals surface area (Å²) in [6, 6.07) is 17.3. The molecule has 0 spiro atoms. The Labute approximate surface area is 104 Å². The van der Waals surface area contributed by atoms with Gasteiger partial charge in [0, 0.05) is 0 Å². The van der Waals surface area contributed by atoms with E-state index >= 15 is 0 Å². The van der Waals surface area contributed by atoms with Gasteiger partial charge in [-0.25, -0.2) is 0 Å². The van der Waals surface area contributed by atoms with Crippen molar-refractivity contribution in [2.45, 2.75) is 20.3 Å². The fourth-order valence-electron chi connectivity index (χ4n) is 1.73. The number of aryl methyl sites for hydroxylation is 2. The molecule has 0 radical (unpaired) electrons. The molecule has 0 heteroatoms. The predicted molar refractivity (Wildman–Crippen MR) is 75.9 cm³/mol. The molecule has 0 bridgehead atoms. The minimum absolute atomic E-state index is 1.10. The van der Waals surface area contributed by atoms with Crippen LogP contribution in [0.3, 0.4) is 0 Å². The van der Waals surface area contributed by atoms with Gasteiger partial charge in [0.1, 0.15) is 0 Å². The highest BCUT2D eigenvalue weighted by molar-refractivity contribution is 5.69. The summed E-state index contributed by atoms with van der Waals surface area (Å²) in [6.07, 6.45) is 5.41. The van der Waals surface area contributed by atoms with Crippen LogP contribution in [0, 0.1) is 6.92 Å². The summed E-state index contributed by atoms with van der Waals surface area (Å²) in [5, 5.41) is 0. The van der Waals surface area contributed by atoms with Gasteiger partial charge in [-0.3, -0.25) is 0 Å². The normalized spacial score (nSPS) is 10.9. The standard InChI is InChI=1S/C17H18/c1-3-15-8-10-17(11-9-15)13-12-16-6-4-14(2)5-7-16/h4-13H,3H2,1-2H3. The van der Waals surface area contributed by atoms with Crippen LogP contribution in [0.4, 0.5) is 0 Å². The van der Waals surface area contributed by atoms with E-state index in [4.69, 9.17) is 0 Å². The largest absolute Gasteiger partial charge is 0.0613 e. The first-order chi connectivity index (χ1) is 8.28. The Hall–Kier alpha value is -1.82. The van der Waals surface area contributed by atoms with E-state index in [-0.39, 0.29) is 0 Å². The number of hydrogen-bond donors (Lipinski definition) is 0. The molecule has 0 aromatic heterocycles. The lowest BCUT2D eigenvalue weighted by Crippen LogP contribution is -1.79. The monoisotopic (exact) mass is 222 g/mol. The van der Waals surface area contributed by atoms with E-state index in [9.17, 15) is 0 Å². The van der Waals surface area contributed by atoms with E-state index in [1.165, 1.54) is 22.3 Å². The molecule has 0 nitrogen and oxygen atoms in total. The van der Waals surface area contributed by atoms with E-state index in [1.807, 2.05) is 0 Å². The van der Waals surface area contributed by atoms with Gasteiger partial charge in [-0.2, -0.15) is 0 Å². The smallest absolute Gasteiger partial charge is 0.0256 e. The second-order valence-corrected chi connectivity index (χ2v) is 4.34. The molecule has 0 aliphatic rings. The van der Waals surface area contributed by atoms with Crippen LogP contribution in [0.2, 0.25) is 0 Å². The molecule has 2 aromatic rings. The number of rotatable bonds is 3. The maximum Gasteiger partial charge on any atom is -0.0256 e. The van der Waals surface area contributed by atoms with Gasteiger partial charge in [0.2, 0.25) is 0 Å². The molecule has 0 heterocycles. The molecule has 0 aliphatic carbocycles. The van der Waals surface area contributed by atoms with Crippen molar-refractivity contribution in [3.63, 3.8) is 0 Å². The van der Waals surface area contributed by atoms with Crippen LogP contribution < -0.4 is 0 Å². The maximum atomic E-state index is 2.19. The average molecular weight is 222 g/mol. The Balaban J connectivity index is 2.11. The first kappa shape index (κ1) is 11.7. The molecule has 0 saturated heterocycles. The lowest BCUT2D eigenvalue weighted by atomic mass is 10.1. The second-order valence-electron chi connectivity index (χ2n) is 4.34. The molecule has 2 rings (SSSR count). The predicted octanol–water partition coefficient (Wildman–Crippen LogP) is 4.73. The van der Waals surface area contributed by atoms with E-state index in [2.05, 4.69) is 74.5 Å². The molecule has 0 N–H and O–H groups in total. The molecule has 86 valence electrons. The molecule has 0 aliphatic heterocycles. The summed E-state index contributed by atoms with van der Waals surface area (Å²) in [5.74, 6) is 0. The van der Waals surface area contributed by atoms with Crippen LogP contribution in [0.5, 0.6) is 0 Å². The minimum Gasteiger partial charge on any atom is -0.0613 e. The average Bonchev–Trinajstić information content (AvgIpc) is 2.39. The molecule has 17 heavy (non-hydrogen) atoms. The SMILES string of the molecule is CCc1ccc(C=Cc2ccc(C)cc2)cc1. The summed E-state index contributed by atoms with van der Waals surface area (Å²) in [6.45, 7) is 4.29. The third kappa shape index (κ3) is 3.32. The highest BCUT2D eigenvalue weighted by Gasteiger charge is 1.90. The Kier molecular flexibility index (Phi) is 3.77. The van der Waals surface area contributed by atoms with Crippen molar-refractivity contribution in [1.82, 2.24) is 0 Å². The lowest BCUT2D eigenvalue weighted by Gasteiger charge is -1.98. The van der Waals surface area contributed by atoms with Crippen molar-refractivity contribution < 1.29 is 0 Å². The van der Waals surface area contributed by atoms with Crippen LogP contribution in [0.25, 0.3) is 12.2 Å². The van der Waals surface area contributed by atoms with Crippen molar-refractivity contribution in [2.75, 3.05) is 0 Å². The summed E-state index contributed by atoms with van der Waals surface area (Å²) in [7, 11) is 0. The summed E-state index contributed by atoms with van der Waals surface area (Å²) < 4.78 is 0. The van der Waals surface area contributed by atoms with Crippen molar-refractivity contribution in [3.05, 3.63) is 70.8 Å². The van der Waals surface area contributed by atoms with Gasteiger partial charge < -0.3 is 0 Å². The lowest BCUT2D eigenvalue weighted by molar-refractivity contribution is 1.14. The van der Waals surface area contributed by atoms with E-state index < -0.39 is 0 Å². The Morgan fingerprint density at radius 3 is 1.71 bits per heavy atom. The fraction of sp³-hybridized carbons (Fsp3) is 0.176. The molecule has 0 amide bonds. The zero-order chi connectivity index (χ0) is 12.1. The molecule has 0 saturated carbocycles. The molecular weight excluding hydrogens is 204 g/mol. The third-order valence-electron chi connectivity index (χ3n) is 2.93. The fourth-order valence-corrected chi connectivity index (χ4v) is 1.73. The Morgan fingerprint density at radius 1 is 0.765 bits per heavy atom. The molecule has 0 fully saturated rings. The van der Waals surface area contributed by atoms with Crippen LogP contribution in [0.1, 0.15) is 29.2 Å². The third-order valence-corrected chi connectivity index (χ3v) is 2.93. The van der Waals surface area contributed by atoms with Gasteiger partial charge in [-0.15, -0.1) is 0 Å². The minimum atomic E-state index is 1.10. The van der Waals surface area contributed by atoms with Crippen LogP contribution in [0.15, 0.2) is 48.5 Å².